The average Bonchev–Trinajstić information content (AvgIpc) is 2.58. The zero-order valence-electron chi connectivity index (χ0n) is 9.84. The highest BCUT2D eigenvalue weighted by atomic mass is 16.3. The number of unbranched alkanes of at least 4 members (excludes halogenated alkanes) is 1. The molecule has 1 aliphatic carbocycles. The van der Waals surface area contributed by atoms with Crippen molar-refractivity contribution in [3.63, 3.8) is 0 Å². The maximum atomic E-state index is 9.46. The quantitative estimate of drug-likeness (QED) is 0.689. The SMILES string of the molecule is CCCCC(CC)CC1CCC(O)C1. The van der Waals surface area contributed by atoms with E-state index in [1.807, 2.05) is 0 Å². The van der Waals surface area contributed by atoms with Crippen LogP contribution in [0.1, 0.15) is 65.2 Å². The first kappa shape index (κ1) is 12.0. The van der Waals surface area contributed by atoms with Gasteiger partial charge in [-0.05, 0) is 37.5 Å². The molecule has 1 N–H and O–H groups in total. The second kappa shape index (κ2) is 6.44. The Bertz CT molecular complexity index is 144. The molecule has 0 aromatic heterocycles. The molecule has 3 unspecified atom stereocenters. The fourth-order valence-electron chi connectivity index (χ4n) is 2.72. The van der Waals surface area contributed by atoms with Gasteiger partial charge in [0.15, 0.2) is 0 Å². The normalized spacial score (nSPS) is 29.4. The van der Waals surface area contributed by atoms with E-state index in [9.17, 15) is 5.11 Å². The molecule has 0 heterocycles. The maximum absolute atomic E-state index is 9.46. The van der Waals surface area contributed by atoms with Gasteiger partial charge in [0.2, 0.25) is 0 Å². The van der Waals surface area contributed by atoms with Crippen LogP contribution >= 0.6 is 0 Å². The Hall–Kier alpha value is -0.0400. The molecule has 1 saturated carbocycles. The molecule has 0 saturated heterocycles. The van der Waals surface area contributed by atoms with Crippen LogP contribution in [0.5, 0.6) is 0 Å². The Morgan fingerprint density at radius 3 is 2.57 bits per heavy atom. The van der Waals surface area contributed by atoms with Crippen LogP contribution in [-0.2, 0) is 0 Å². The van der Waals surface area contributed by atoms with Gasteiger partial charge in [-0.2, -0.15) is 0 Å². The standard InChI is InChI=1S/C13H26O/c1-3-5-6-11(4-2)9-12-7-8-13(14)10-12/h11-14H,3-10H2,1-2H3. The fraction of sp³-hybridized carbons (Fsp3) is 1.00. The summed E-state index contributed by atoms with van der Waals surface area (Å²) >= 11 is 0. The van der Waals surface area contributed by atoms with Crippen molar-refractivity contribution in [3.05, 3.63) is 0 Å². The van der Waals surface area contributed by atoms with Gasteiger partial charge in [0.05, 0.1) is 6.10 Å². The molecule has 3 atom stereocenters. The van der Waals surface area contributed by atoms with Crippen molar-refractivity contribution in [1.29, 1.82) is 0 Å². The van der Waals surface area contributed by atoms with Gasteiger partial charge in [-0.3, -0.25) is 0 Å². The Morgan fingerprint density at radius 1 is 1.29 bits per heavy atom. The van der Waals surface area contributed by atoms with Crippen molar-refractivity contribution >= 4 is 0 Å². The number of hydrogen-bond donors (Lipinski definition) is 1. The Morgan fingerprint density at radius 2 is 2.07 bits per heavy atom. The molecule has 1 heteroatoms. The molecule has 1 nitrogen and oxygen atoms in total. The largest absolute Gasteiger partial charge is 0.393 e. The van der Waals surface area contributed by atoms with Crippen LogP contribution in [0.25, 0.3) is 0 Å². The summed E-state index contributed by atoms with van der Waals surface area (Å²) in [5, 5.41) is 9.46. The molecule has 0 bridgehead atoms. The summed E-state index contributed by atoms with van der Waals surface area (Å²) in [5.41, 5.74) is 0. The van der Waals surface area contributed by atoms with E-state index < -0.39 is 0 Å². The zero-order valence-corrected chi connectivity index (χ0v) is 9.84. The van der Waals surface area contributed by atoms with Gasteiger partial charge in [-0.25, -0.2) is 0 Å². The van der Waals surface area contributed by atoms with Gasteiger partial charge in [0.1, 0.15) is 0 Å². The smallest absolute Gasteiger partial charge is 0.0543 e. The van der Waals surface area contributed by atoms with Crippen LogP contribution in [0.15, 0.2) is 0 Å². The van der Waals surface area contributed by atoms with Crippen molar-refractivity contribution in [2.24, 2.45) is 11.8 Å². The van der Waals surface area contributed by atoms with Crippen LogP contribution in [0.3, 0.4) is 0 Å². The lowest BCUT2D eigenvalue weighted by molar-refractivity contribution is 0.174. The third kappa shape index (κ3) is 4.00. The van der Waals surface area contributed by atoms with E-state index in [4.69, 9.17) is 0 Å². The van der Waals surface area contributed by atoms with Crippen molar-refractivity contribution in [2.45, 2.75) is 71.3 Å². The minimum atomic E-state index is 0.0173. The fourth-order valence-corrected chi connectivity index (χ4v) is 2.72. The molecular formula is C13H26O. The summed E-state index contributed by atoms with van der Waals surface area (Å²) in [4.78, 5) is 0. The van der Waals surface area contributed by atoms with E-state index in [1.165, 1.54) is 38.5 Å². The third-order valence-corrected chi connectivity index (χ3v) is 3.72. The Balaban J connectivity index is 2.19. The molecule has 0 aromatic rings. The van der Waals surface area contributed by atoms with Gasteiger partial charge >= 0.3 is 0 Å². The van der Waals surface area contributed by atoms with Gasteiger partial charge in [0, 0.05) is 0 Å². The van der Waals surface area contributed by atoms with Gasteiger partial charge in [-0.15, -0.1) is 0 Å². The second-order valence-electron chi connectivity index (χ2n) is 4.99. The van der Waals surface area contributed by atoms with Crippen molar-refractivity contribution in [3.8, 4) is 0 Å². The summed E-state index contributed by atoms with van der Waals surface area (Å²) < 4.78 is 0. The summed E-state index contributed by atoms with van der Waals surface area (Å²) in [6.45, 7) is 4.58. The van der Waals surface area contributed by atoms with E-state index in [0.29, 0.717) is 0 Å². The monoisotopic (exact) mass is 198 g/mol. The molecule has 0 aliphatic heterocycles. The molecule has 84 valence electrons. The topological polar surface area (TPSA) is 20.2 Å². The lowest BCUT2D eigenvalue weighted by atomic mass is 9.88. The van der Waals surface area contributed by atoms with Crippen molar-refractivity contribution in [2.75, 3.05) is 0 Å². The van der Waals surface area contributed by atoms with Gasteiger partial charge < -0.3 is 5.11 Å². The molecule has 0 aromatic carbocycles. The minimum absolute atomic E-state index is 0.0173. The Labute approximate surface area is 88.9 Å². The minimum Gasteiger partial charge on any atom is -0.393 e. The first-order valence-corrected chi connectivity index (χ1v) is 6.44. The van der Waals surface area contributed by atoms with E-state index in [1.54, 1.807) is 0 Å². The highest BCUT2D eigenvalue weighted by Crippen LogP contribution is 2.33. The second-order valence-corrected chi connectivity index (χ2v) is 4.99. The molecule has 1 fully saturated rings. The zero-order chi connectivity index (χ0) is 10.4. The average molecular weight is 198 g/mol. The van der Waals surface area contributed by atoms with Gasteiger partial charge in [0.25, 0.3) is 0 Å². The van der Waals surface area contributed by atoms with E-state index in [2.05, 4.69) is 13.8 Å². The highest BCUT2D eigenvalue weighted by Gasteiger charge is 2.24. The first-order chi connectivity index (χ1) is 6.76. The van der Waals surface area contributed by atoms with Crippen LogP contribution in [0.4, 0.5) is 0 Å². The summed E-state index contributed by atoms with van der Waals surface area (Å²) in [6.07, 6.45) is 10.2. The highest BCUT2D eigenvalue weighted by molar-refractivity contribution is 4.76. The lowest BCUT2D eigenvalue weighted by Crippen LogP contribution is -2.07. The van der Waals surface area contributed by atoms with Crippen molar-refractivity contribution in [1.82, 2.24) is 0 Å². The number of rotatable bonds is 6. The van der Waals surface area contributed by atoms with Crippen molar-refractivity contribution < 1.29 is 5.11 Å². The maximum Gasteiger partial charge on any atom is 0.0543 e. The van der Waals surface area contributed by atoms with Gasteiger partial charge in [-0.1, -0.05) is 39.5 Å². The lowest BCUT2D eigenvalue weighted by Gasteiger charge is -2.18. The molecule has 0 amide bonds. The van der Waals surface area contributed by atoms with Crippen LogP contribution in [-0.4, -0.2) is 11.2 Å². The predicted molar refractivity (Wildman–Crippen MR) is 61.3 cm³/mol. The van der Waals surface area contributed by atoms with Crippen LogP contribution in [0.2, 0.25) is 0 Å². The Kier molecular flexibility index (Phi) is 5.54. The molecular weight excluding hydrogens is 172 g/mol. The summed E-state index contributed by atoms with van der Waals surface area (Å²) in [7, 11) is 0. The number of aliphatic hydroxyl groups is 1. The molecule has 1 rings (SSSR count). The summed E-state index contributed by atoms with van der Waals surface area (Å²) in [5.74, 6) is 1.75. The molecule has 0 radical (unpaired) electrons. The van der Waals surface area contributed by atoms with Crippen LogP contribution in [0, 0.1) is 11.8 Å². The van der Waals surface area contributed by atoms with Crippen LogP contribution < -0.4 is 0 Å². The first-order valence-electron chi connectivity index (χ1n) is 6.44. The molecule has 0 spiro atoms. The third-order valence-electron chi connectivity index (χ3n) is 3.72. The number of aliphatic hydroxyl groups excluding tert-OH is 1. The summed E-state index contributed by atoms with van der Waals surface area (Å²) in [6, 6.07) is 0. The molecule has 14 heavy (non-hydrogen) atoms. The molecule has 1 aliphatic rings. The number of hydrogen-bond acceptors (Lipinski definition) is 1. The van der Waals surface area contributed by atoms with E-state index in [0.717, 1.165) is 24.7 Å². The predicted octanol–water partition coefficient (Wildman–Crippen LogP) is 3.75. The van der Waals surface area contributed by atoms with E-state index in [-0.39, 0.29) is 6.10 Å². The van der Waals surface area contributed by atoms with E-state index >= 15 is 0 Å².